The molecule has 4 bridgehead atoms. The van der Waals surface area contributed by atoms with Gasteiger partial charge >= 0.3 is 0 Å². The van der Waals surface area contributed by atoms with Crippen LogP contribution in [0.25, 0.3) is 10.2 Å². The fraction of sp³-hybridized carbons (Fsp3) is 0.550. The molecule has 6 heteroatoms. The van der Waals surface area contributed by atoms with Gasteiger partial charge in [0.2, 0.25) is 11.8 Å². The number of carbonyl (C=O) groups excluding carboxylic acids is 2. The number of para-hydroxylation sites is 1. The summed E-state index contributed by atoms with van der Waals surface area (Å²) in [5.74, 6) is 2.06. The fourth-order valence-electron chi connectivity index (χ4n) is 5.83. The molecule has 1 heterocycles. The molecule has 4 aliphatic carbocycles. The van der Waals surface area contributed by atoms with Crippen molar-refractivity contribution in [3.63, 3.8) is 0 Å². The lowest BCUT2D eigenvalue weighted by molar-refractivity contribution is -0.146. The standard InChI is InChI=1S/C20H23N3O2S/c24-17(23-19-22-15-3-1-2-4-16(15)26-19)11-21-18(25)20-8-12-5-13(9-20)7-14(6-12)10-20/h1-4,12-14H,5-11H2,(H,21,25)(H,22,23,24). The molecule has 4 aliphatic rings. The van der Waals surface area contributed by atoms with E-state index in [1.807, 2.05) is 24.3 Å². The average Bonchev–Trinajstić information content (AvgIpc) is 3.00. The van der Waals surface area contributed by atoms with E-state index in [4.69, 9.17) is 0 Å². The Morgan fingerprint density at radius 3 is 2.38 bits per heavy atom. The molecule has 136 valence electrons. The zero-order valence-corrected chi connectivity index (χ0v) is 15.5. The maximum absolute atomic E-state index is 12.9. The number of hydrogen-bond donors (Lipinski definition) is 2. The minimum atomic E-state index is -0.206. The van der Waals surface area contributed by atoms with Gasteiger partial charge in [-0.3, -0.25) is 9.59 Å². The first kappa shape index (κ1) is 16.2. The molecule has 6 rings (SSSR count). The van der Waals surface area contributed by atoms with Crippen molar-refractivity contribution in [2.24, 2.45) is 23.2 Å². The minimum Gasteiger partial charge on any atom is -0.347 e. The first-order chi connectivity index (χ1) is 12.6. The molecule has 0 saturated heterocycles. The van der Waals surface area contributed by atoms with Crippen molar-refractivity contribution in [3.8, 4) is 0 Å². The van der Waals surface area contributed by atoms with Crippen LogP contribution in [0.15, 0.2) is 24.3 Å². The third kappa shape index (κ3) is 2.80. The topological polar surface area (TPSA) is 71.1 Å². The van der Waals surface area contributed by atoms with Gasteiger partial charge in [-0.15, -0.1) is 0 Å². The Labute approximate surface area is 156 Å². The third-order valence-electron chi connectivity index (χ3n) is 6.47. The van der Waals surface area contributed by atoms with E-state index in [2.05, 4.69) is 15.6 Å². The Kier molecular flexibility index (Phi) is 3.78. The van der Waals surface area contributed by atoms with E-state index < -0.39 is 0 Å². The third-order valence-corrected chi connectivity index (χ3v) is 7.42. The molecule has 0 radical (unpaired) electrons. The largest absolute Gasteiger partial charge is 0.347 e. The highest BCUT2D eigenvalue weighted by Crippen LogP contribution is 2.60. The van der Waals surface area contributed by atoms with Crippen molar-refractivity contribution in [3.05, 3.63) is 24.3 Å². The predicted octanol–water partition coefficient (Wildman–Crippen LogP) is 3.57. The molecule has 2 aromatic rings. The lowest BCUT2D eigenvalue weighted by atomic mass is 9.49. The van der Waals surface area contributed by atoms with Crippen molar-refractivity contribution < 1.29 is 9.59 Å². The van der Waals surface area contributed by atoms with Gasteiger partial charge in [0, 0.05) is 5.41 Å². The summed E-state index contributed by atoms with van der Waals surface area (Å²) in [6.07, 6.45) is 6.98. The van der Waals surface area contributed by atoms with E-state index in [0.29, 0.717) is 5.13 Å². The number of amides is 2. The van der Waals surface area contributed by atoms with E-state index in [9.17, 15) is 9.59 Å². The number of nitrogens with zero attached hydrogens (tertiary/aromatic N) is 1. The molecule has 1 aromatic heterocycles. The first-order valence-corrected chi connectivity index (χ1v) is 10.3. The monoisotopic (exact) mass is 369 g/mol. The normalized spacial score (nSPS) is 31.9. The number of nitrogens with one attached hydrogen (secondary N) is 2. The number of aromatic nitrogens is 1. The number of fused-ring (bicyclic) bond motifs is 1. The first-order valence-electron chi connectivity index (χ1n) is 9.53. The van der Waals surface area contributed by atoms with Crippen molar-refractivity contribution in [1.29, 1.82) is 0 Å². The highest BCUT2D eigenvalue weighted by atomic mass is 32.1. The second-order valence-electron chi connectivity index (χ2n) is 8.42. The summed E-state index contributed by atoms with van der Waals surface area (Å²) >= 11 is 1.45. The zero-order chi connectivity index (χ0) is 17.7. The van der Waals surface area contributed by atoms with E-state index in [-0.39, 0.29) is 23.8 Å². The Bertz CT molecular complexity index is 807. The van der Waals surface area contributed by atoms with Crippen molar-refractivity contribution in [2.45, 2.75) is 38.5 Å². The van der Waals surface area contributed by atoms with Crippen LogP contribution in [-0.4, -0.2) is 23.3 Å². The van der Waals surface area contributed by atoms with E-state index in [0.717, 1.165) is 47.2 Å². The summed E-state index contributed by atoms with van der Waals surface area (Å²) in [6, 6.07) is 7.80. The van der Waals surface area contributed by atoms with Gasteiger partial charge in [0.25, 0.3) is 0 Å². The summed E-state index contributed by atoms with van der Waals surface area (Å²) in [4.78, 5) is 29.6. The SMILES string of the molecule is O=C(CNC(=O)C12CC3CC(CC(C3)C1)C2)Nc1nc2ccccc2s1. The predicted molar refractivity (Wildman–Crippen MR) is 102 cm³/mol. The average molecular weight is 369 g/mol. The molecule has 0 aliphatic heterocycles. The molecule has 26 heavy (non-hydrogen) atoms. The summed E-state index contributed by atoms with van der Waals surface area (Å²) in [7, 11) is 0. The second kappa shape index (κ2) is 6.05. The van der Waals surface area contributed by atoms with Gasteiger partial charge in [-0.05, 0) is 68.4 Å². The molecule has 4 saturated carbocycles. The summed E-state index contributed by atoms with van der Waals surface area (Å²) in [5.41, 5.74) is 0.677. The molecule has 0 atom stereocenters. The van der Waals surface area contributed by atoms with Gasteiger partial charge < -0.3 is 10.6 Å². The van der Waals surface area contributed by atoms with E-state index in [1.165, 1.54) is 30.6 Å². The van der Waals surface area contributed by atoms with Gasteiger partial charge in [0.05, 0.1) is 16.8 Å². The molecular formula is C20H23N3O2S. The van der Waals surface area contributed by atoms with E-state index in [1.54, 1.807) is 0 Å². The van der Waals surface area contributed by atoms with Crippen molar-refractivity contribution >= 4 is 38.5 Å². The van der Waals surface area contributed by atoms with Crippen LogP contribution in [0, 0.1) is 23.2 Å². The fourth-order valence-corrected chi connectivity index (χ4v) is 6.71. The Morgan fingerprint density at radius 2 is 1.73 bits per heavy atom. The van der Waals surface area contributed by atoms with E-state index >= 15 is 0 Å². The highest BCUT2D eigenvalue weighted by molar-refractivity contribution is 7.22. The van der Waals surface area contributed by atoms with Crippen LogP contribution in [0.5, 0.6) is 0 Å². The Balaban J connectivity index is 1.20. The van der Waals surface area contributed by atoms with Crippen LogP contribution < -0.4 is 10.6 Å². The number of hydrogen-bond acceptors (Lipinski definition) is 4. The summed E-state index contributed by atoms with van der Waals surface area (Å²) in [6.45, 7) is 0.0243. The summed E-state index contributed by atoms with van der Waals surface area (Å²) < 4.78 is 1.04. The maximum atomic E-state index is 12.9. The zero-order valence-electron chi connectivity index (χ0n) is 14.7. The van der Waals surface area contributed by atoms with Gasteiger partial charge in [-0.25, -0.2) is 4.98 Å². The van der Waals surface area contributed by atoms with Crippen LogP contribution in [-0.2, 0) is 9.59 Å². The Morgan fingerprint density at radius 1 is 1.08 bits per heavy atom. The van der Waals surface area contributed by atoms with Crippen molar-refractivity contribution in [1.82, 2.24) is 10.3 Å². The maximum Gasteiger partial charge on any atom is 0.245 e. The molecule has 1 aromatic carbocycles. The molecule has 2 N–H and O–H groups in total. The smallest absolute Gasteiger partial charge is 0.245 e. The molecule has 2 amide bonds. The lowest BCUT2D eigenvalue weighted by Gasteiger charge is -2.55. The second-order valence-corrected chi connectivity index (χ2v) is 9.45. The van der Waals surface area contributed by atoms with Gasteiger partial charge in [0.1, 0.15) is 0 Å². The van der Waals surface area contributed by atoms with Crippen molar-refractivity contribution in [2.75, 3.05) is 11.9 Å². The number of rotatable bonds is 4. The lowest BCUT2D eigenvalue weighted by Crippen LogP contribution is -2.54. The number of anilines is 1. The van der Waals surface area contributed by atoms with Gasteiger partial charge in [0.15, 0.2) is 5.13 Å². The van der Waals surface area contributed by atoms with Crippen LogP contribution in [0.1, 0.15) is 38.5 Å². The van der Waals surface area contributed by atoms with Crippen LogP contribution in [0.3, 0.4) is 0 Å². The van der Waals surface area contributed by atoms with Crippen LogP contribution in [0.2, 0.25) is 0 Å². The van der Waals surface area contributed by atoms with Crippen LogP contribution >= 0.6 is 11.3 Å². The molecule has 0 unspecified atom stereocenters. The minimum absolute atomic E-state index is 0.0243. The molecular weight excluding hydrogens is 346 g/mol. The molecule has 4 fully saturated rings. The quantitative estimate of drug-likeness (QED) is 0.865. The Hall–Kier alpha value is -1.95. The van der Waals surface area contributed by atoms with Gasteiger partial charge in [-0.1, -0.05) is 23.5 Å². The summed E-state index contributed by atoms with van der Waals surface area (Å²) in [5, 5.41) is 6.32. The van der Waals surface area contributed by atoms with Crippen LogP contribution in [0.4, 0.5) is 5.13 Å². The molecule has 0 spiro atoms. The number of benzene rings is 1. The number of thiazole rings is 1. The number of carbonyl (C=O) groups is 2. The molecule has 5 nitrogen and oxygen atoms in total. The highest BCUT2D eigenvalue weighted by Gasteiger charge is 2.54. The van der Waals surface area contributed by atoms with Gasteiger partial charge in [-0.2, -0.15) is 0 Å².